The zero-order valence-corrected chi connectivity index (χ0v) is 20.3. The minimum absolute atomic E-state index is 0.114. The largest absolute Gasteiger partial charge is 0.437 e. The molecule has 1 saturated carbocycles. The first-order chi connectivity index (χ1) is 17.5. The number of carbonyl (C=O) groups is 1. The predicted molar refractivity (Wildman–Crippen MR) is 124 cm³/mol. The van der Waals surface area contributed by atoms with Crippen LogP contribution < -0.4 is 4.90 Å². The first kappa shape index (κ1) is 25.6. The Kier molecular flexibility index (Phi) is 6.49. The number of amides is 1. The van der Waals surface area contributed by atoms with E-state index in [9.17, 15) is 26.7 Å². The number of likely N-dealkylation sites (tertiary alicyclic amines) is 1. The normalized spacial score (nSPS) is 23.1. The maximum atomic E-state index is 14.1. The predicted octanol–water partition coefficient (Wildman–Crippen LogP) is 4.44. The highest BCUT2D eigenvalue weighted by molar-refractivity contribution is 5.69. The SMILES string of the molecule is C[C@@H]1CN(c2ncc(C(F)(F)F)cn2)CCN1C(=O)OC1(C(F)F)CC2(CN(Cc3ccccc3)C2)C1. The van der Waals surface area contributed by atoms with Crippen LogP contribution in [-0.4, -0.2) is 76.7 Å². The Balaban J connectivity index is 1.14. The highest BCUT2D eigenvalue weighted by Gasteiger charge is 2.66. The Hall–Kier alpha value is -3.02. The second-order valence-corrected chi connectivity index (χ2v) is 10.5. The Morgan fingerprint density at radius 1 is 1.11 bits per heavy atom. The first-order valence-corrected chi connectivity index (χ1v) is 12.2. The lowest BCUT2D eigenvalue weighted by Crippen LogP contribution is -2.71. The zero-order valence-electron chi connectivity index (χ0n) is 20.3. The van der Waals surface area contributed by atoms with Crippen molar-refractivity contribution in [3.8, 4) is 0 Å². The molecule has 1 spiro atoms. The highest BCUT2D eigenvalue weighted by atomic mass is 19.4. The quantitative estimate of drug-likeness (QED) is 0.538. The van der Waals surface area contributed by atoms with Crippen LogP contribution in [0.4, 0.5) is 32.7 Å². The fourth-order valence-corrected chi connectivity index (χ4v) is 5.84. The monoisotopic (exact) mass is 525 g/mol. The molecule has 3 aliphatic rings. The number of piperazine rings is 1. The van der Waals surface area contributed by atoms with Gasteiger partial charge in [-0.3, -0.25) is 4.90 Å². The lowest BCUT2D eigenvalue weighted by atomic mass is 9.55. The van der Waals surface area contributed by atoms with Crippen LogP contribution in [-0.2, 0) is 17.5 Å². The van der Waals surface area contributed by atoms with Gasteiger partial charge in [-0.05, 0) is 12.5 Å². The van der Waals surface area contributed by atoms with Gasteiger partial charge in [0.05, 0.1) is 5.56 Å². The van der Waals surface area contributed by atoms with Crippen molar-refractivity contribution in [1.82, 2.24) is 19.8 Å². The van der Waals surface area contributed by atoms with E-state index >= 15 is 0 Å². The third-order valence-electron chi connectivity index (χ3n) is 7.51. The minimum atomic E-state index is -4.53. The fraction of sp³-hybridized carbons (Fsp3) is 0.560. The van der Waals surface area contributed by atoms with Crippen LogP contribution in [0.25, 0.3) is 0 Å². The molecule has 2 aromatic rings. The van der Waals surface area contributed by atoms with Crippen molar-refractivity contribution in [2.45, 2.75) is 50.6 Å². The smallest absolute Gasteiger partial charge is 0.419 e. The lowest BCUT2D eigenvalue weighted by Gasteiger charge is -2.63. The number of halogens is 5. The van der Waals surface area contributed by atoms with E-state index in [4.69, 9.17) is 4.74 Å². The molecule has 37 heavy (non-hydrogen) atoms. The van der Waals surface area contributed by atoms with E-state index in [1.807, 2.05) is 30.3 Å². The van der Waals surface area contributed by atoms with E-state index in [2.05, 4.69) is 14.9 Å². The van der Waals surface area contributed by atoms with E-state index in [-0.39, 0.29) is 43.8 Å². The van der Waals surface area contributed by atoms with Crippen molar-refractivity contribution in [1.29, 1.82) is 0 Å². The highest BCUT2D eigenvalue weighted by Crippen LogP contribution is 2.58. The summed E-state index contributed by atoms with van der Waals surface area (Å²) in [5, 5.41) is 0. The minimum Gasteiger partial charge on any atom is -0.437 e. The third kappa shape index (κ3) is 5.07. The number of hydrogen-bond acceptors (Lipinski definition) is 6. The summed E-state index contributed by atoms with van der Waals surface area (Å²) in [5.41, 5.74) is -1.83. The van der Waals surface area contributed by atoms with Gasteiger partial charge in [-0.15, -0.1) is 0 Å². The van der Waals surface area contributed by atoms with Crippen molar-refractivity contribution >= 4 is 12.0 Å². The Labute approximate surface area is 211 Å². The van der Waals surface area contributed by atoms with Gasteiger partial charge in [0, 0.05) is 76.0 Å². The van der Waals surface area contributed by atoms with Crippen LogP contribution in [0.2, 0.25) is 0 Å². The van der Waals surface area contributed by atoms with Gasteiger partial charge < -0.3 is 14.5 Å². The fourth-order valence-electron chi connectivity index (χ4n) is 5.84. The first-order valence-electron chi connectivity index (χ1n) is 12.2. The maximum Gasteiger partial charge on any atom is 0.419 e. The summed E-state index contributed by atoms with van der Waals surface area (Å²) in [6.45, 7) is 4.49. The lowest BCUT2D eigenvalue weighted by molar-refractivity contribution is -0.243. The molecule has 5 rings (SSSR count). The molecule has 2 saturated heterocycles. The van der Waals surface area contributed by atoms with Crippen molar-refractivity contribution < 1.29 is 31.5 Å². The summed E-state index contributed by atoms with van der Waals surface area (Å²) in [5.74, 6) is 0.114. The number of benzene rings is 1. The Bertz CT molecular complexity index is 1100. The second kappa shape index (κ2) is 9.38. The average molecular weight is 526 g/mol. The number of ether oxygens (including phenoxy) is 1. The summed E-state index contributed by atoms with van der Waals surface area (Å²) < 4.78 is 71.9. The molecule has 7 nitrogen and oxygen atoms in total. The number of alkyl halides is 5. The van der Waals surface area contributed by atoms with Crippen LogP contribution in [0.5, 0.6) is 0 Å². The Morgan fingerprint density at radius 2 is 1.76 bits per heavy atom. The molecule has 12 heteroatoms. The number of carbonyl (C=O) groups excluding carboxylic acids is 1. The number of aromatic nitrogens is 2. The third-order valence-corrected chi connectivity index (χ3v) is 7.51. The van der Waals surface area contributed by atoms with E-state index in [0.29, 0.717) is 25.5 Å². The second-order valence-electron chi connectivity index (χ2n) is 10.5. The molecule has 3 heterocycles. The number of hydrogen-bond donors (Lipinski definition) is 0. The number of rotatable bonds is 5. The number of anilines is 1. The molecule has 1 atom stereocenters. The summed E-state index contributed by atoms with van der Waals surface area (Å²) in [6, 6.07) is 9.51. The Morgan fingerprint density at radius 3 is 2.32 bits per heavy atom. The van der Waals surface area contributed by atoms with Gasteiger partial charge in [-0.25, -0.2) is 23.5 Å². The van der Waals surface area contributed by atoms with Gasteiger partial charge in [0.1, 0.15) is 0 Å². The van der Waals surface area contributed by atoms with Crippen molar-refractivity contribution in [3.63, 3.8) is 0 Å². The van der Waals surface area contributed by atoms with Gasteiger partial charge in [0.25, 0.3) is 6.43 Å². The average Bonchev–Trinajstić information content (AvgIpc) is 2.81. The molecule has 3 fully saturated rings. The summed E-state index contributed by atoms with van der Waals surface area (Å²) in [4.78, 5) is 25.8. The van der Waals surface area contributed by atoms with Crippen LogP contribution in [0, 0.1) is 5.41 Å². The van der Waals surface area contributed by atoms with Crippen LogP contribution in [0.1, 0.15) is 30.9 Å². The molecule has 1 aromatic heterocycles. The molecular weight excluding hydrogens is 497 g/mol. The molecule has 0 bridgehead atoms. The summed E-state index contributed by atoms with van der Waals surface area (Å²) in [7, 11) is 0. The maximum absolute atomic E-state index is 14.1. The van der Waals surface area contributed by atoms with E-state index in [0.717, 1.165) is 12.1 Å². The molecule has 1 aliphatic carbocycles. The standard InChI is InChI=1S/C25H28F5N5O2/c1-17-11-34(21-31-9-19(10-32-21)25(28,29)30)7-8-35(17)22(36)37-24(20(26)27)13-23(14-24)15-33(16-23)12-18-5-3-2-4-6-18/h2-6,9-10,17,20H,7-8,11-16H2,1H3/t17-/m1/s1. The molecule has 0 N–H and O–H groups in total. The molecule has 0 unspecified atom stereocenters. The van der Waals surface area contributed by atoms with Gasteiger partial charge in [0.2, 0.25) is 5.95 Å². The molecule has 200 valence electrons. The van der Waals surface area contributed by atoms with Gasteiger partial charge >= 0.3 is 12.3 Å². The van der Waals surface area contributed by atoms with Crippen LogP contribution >= 0.6 is 0 Å². The van der Waals surface area contributed by atoms with Crippen LogP contribution in [0.3, 0.4) is 0 Å². The molecule has 0 radical (unpaired) electrons. The van der Waals surface area contributed by atoms with Crippen molar-refractivity contribution in [3.05, 3.63) is 53.9 Å². The van der Waals surface area contributed by atoms with Gasteiger partial charge in [0.15, 0.2) is 5.60 Å². The zero-order chi connectivity index (χ0) is 26.4. The molecule has 1 aromatic carbocycles. The van der Waals surface area contributed by atoms with Crippen molar-refractivity contribution in [2.24, 2.45) is 5.41 Å². The van der Waals surface area contributed by atoms with Gasteiger partial charge in [-0.1, -0.05) is 30.3 Å². The van der Waals surface area contributed by atoms with E-state index in [1.54, 1.807) is 11.8 Å². The van der Waals surface area contributed by atoms with E-state index < -0.39 is 35.9 Å². The summed E-state index contributed by atoms with van der Waals surface area (Å²) >= 11 is 0. The van der Waals surface area contributed by atoms with Gasteiger partial charge in [-0.2, -0.15) is 13.2 Å². The van der Waals surface area contributed by atoms with E-state index in [1.165, 1.54) is 4.90 Å². The molecular formula is C25H28F5N5O2. The molecule has 1 amide bonds. The topological polar surface area (TPSA) is 61.8 Å². The summed E-state index contributed by atoms with van der Waals surface area (Å²) in [6.07, 6.45) is -6.43. The number of nitrogens with zero attached hydrogens (tertiary/aromatic N) is 5. The van der Waals surface area contributed by atoms with Crippen molar-refractivity contribution in [2.75, 3.05) is 37.6 Å². The molecule has 2 aliphatic heterocycles. The van der Waals surface area contributed by atoms with Crippen LogP contribution in [0.15, 0.2) is 42.7 Å².